The molecule has 10 nitrogen and oxygen atoms in total. The van der Waals surface area contributed by atoms with Gasteiger partial charge in [0.2, 0.25) is 0 Å². The summed E-state index contributed by atoms with van der Waals surface area (Å²) in [5, 5.41) is 18.2. The van der Waals surface area contributed by atoms with Gasteiger partial charge in [-0.1, -0.05) is 25.7 Å². The van der Waals surface area contributed by atoms with Crippen molar-refractivity contribution in [2.24, 2.45) is 16.9 Å². The van der Waals surface area contributed by atoms with Gasteiger partial charge in [0.25, 0.3) is 0 Å². The number of amides is 2. The molecule has 168 valence electrons. The predicted octanol–water partition coefficient (Wildman–Crippen LogP) is 3.01. The maximum absolute atomic E-state index is 11.1. The number of carboxylic acids is 2. The predicted molar refractivity (Wildman–Crippen MR) is 104 cm³/mol. The summed E-state index contributed by atoms with van der Waals surface area (Å²) in [4.78, 5) is 43.4. The molecule has 0 aliphatic heterocycles. The van der Waals surface area contributed by atoms with E-state index in [0.29, 0.717) is 38.5 Å². The van der Waals surface area contributed by atoms with Crippen LogP contribution in [-0.2, 0) is 19.1 Å². The summed E-state index contributed by atoms with van der Waals surface area (Å²) in [5.41, 5.74) is 9.44. The Labute approximate surface area is 170 Å². The molecule has 0 aromatic rings. The fourth-order valence-corrected chi connectivity index (χ4v) is 3.40. The van der Waals surface area contributed by atoms with E-state index in [2.05, 4.69) is 9.47 Å². The minimum Gasteiger partial charge on any atom is -0.481 e. The van der Waals surface area contributed by atoms with E-state index >= 15 is 0 Å². The highest BCUT2D eigenvalue weighted by molar-refractivity contribution is 5.67. The molecule has 6 N–H and O–H groups in total. The first-order valence-electron chi connectivity index (χ1n) is 9.95. The van der Waals surface area contributed by atoms with Crippen LogP contribution in [0.25, 0.3) is 0 Å². The number of ether oxygens (including phenoxy) is 2. The smallest absolute Gasteiger partial charge is 0.404 e. The molecule has 0 heterocycles. The van der Waals surface area contributed by atoms with Crippen LogP contribution in [-0.4, -0.2) is 47.6 Å². The second-order valence-corrected chi connectivity index (χ2v) is 7.24. The standard InChI is InChI=1S/C19H34N2O8/c20-17(26)28-13-5-1-3-9-19(11-7-15(22)23,12-8-16(24)25)10-4-2-6-14-29-18(21)27/h1-14H2,(H2,20,26)(H2,21,27)(H,22,23)(H,24,25). The number of rotatable bonds is 18. The monoisotopic (exact) mass is 418 g/mol. The topological polar surface area (TPSA) is 179 Å². The number of carbonyl (C=O) groups is 4. The summed E-state index contributed by atoms with van der Waals surface area (Å²) in [7, 11) is 0. The SMILES string of the molecule is NC(=O)OCCCCCC(CCCCCOC(N)=O)(CCC(=O)O)CCC(=O)O. The molecule has 0 saturated heterocycles. The zero-order valence-electron chi connectivity index (χ0n) is 16.9. The zero-order chi connectivity index (χ0) is 22.1. The van der Waals surface area contributed by atoms with Gasteiger partial charge in [-0.15, -0.1) is 0 Å². The first kappa shape index (κ1) is 26.5. The molecule has 0 aliphatic carbocycles. The van der Waals surface area contributed by atoms with Crippen molar-refractivity contribution in [3.63, 3.8) is 0 Å². The highest BCUT2D eigenvalue weighted by Gasteiger charge is 2.30. The Bertz CT molecular complexity index is 478. The molecule has 0 unspecified atom stereocenters. The lowest BCUT2D eigenvalue weighted by molar-refractivity contribution is -0.138. The largest absolute Gasteiger partial charge is 0.481 e. The van der Waals surface area contributed by atoms with Crippen LogP contribution >= 0.6 is 0 Å². The first-order chi connectivity index (χ1) is 13.7. The molecule has 0 radical (unpaired) electrons. The Kier molecular flexibility index (Phi) is 14.1. The summed E-state index contributed by atoms with van der Waals surface area (Å²) in [6, 6.07) is 0. The van der Waals surface area contributed by atoms with Gasteiger partial charge in [-0.25, -0.2) is 9.59 Å². The van der Waals surface area contributed by atoms with Gasteiger partial charge in [0.1, 0.15) is 0 Å². The van der Waals surface area contributed by atoms with E-state index in [9.17, 15) is 19.2 Å². The highest BCUT2D eigenvalue weighted by Crippen LogP contribution is 2.41. The van der Waals surface area contributed by atoms with Crippen LogP contribution in [0.1, 0.15) is 77.0 Å². The number of carboxylic acid groups (broad SMARTS) is 2. The number of carbonyl (C=O) groups excluding carboxylic acids is 2. The molecule has 0 aromatic carbocycles. The Morgan fingerprint density at radius 2 is 1.00 bits per heavy atom. The van der Waals surface area contributed by atoms with Gasteiger partial charge in [0.15, 0.2) is 0 Å². The summed E-state index contributed by atoms with van der Waals surface area (Å²) < 4.78 is 9.38. The number of nitrogens with two attached hydrogens (primary N) is 2. The lowest BCUT2D eigenvalue weighted by Gasteiger charge is -2.34. The minimum atomic E-state index is -0.908. The summed E-state index contributed by atoms with van der Waals surface area (Å²) in [6.45, 7) is 0.457. The Morgan fingerprint density at radius 1 is 0.621 bits per heavy atom. The molecule has 0 aromatic heterocycles. The second kappa shape index (κ2) is 15.4. The van der Waals surface area contributed by atoms with Crippen molar-refractivity contribution in [3.8, 4) is 0 Å². The molecule has 0 bridgehead atoms. The molecule has 2 amide bonds. The molecule has 0 spiro atoms. The van der Waals surface area contributed by atoms with Gasteiger partial charge < -0.3 is 31.2 Å². The molecule has 10 heteroatoms. The van der Waals surface area contributed by atoms with Gasteiger partial charge in [-0.2, -0.15) is 0 Å². The third-order valence-corrected chi connectivity index (χ3v) is 4.93. The van der Waals surface area contributed by atoms with Crippen LogP contribution in [0.3, 0.4) is 0 Å². The number of primary amides is 2. The fraction of sp³-hybridized carbons (Fsp3) is 0.789. The van der Waals surface area contributed by atoms with E-state index in [1.165, 1.54) is 0 Å². The molecular weight excluding hydrogens is 384 g/mol. The third-order valence-electron chi connectivity index (χ3n) is 4.93. The van der Waals surface area contributed by atoms with Crippen molar-refractivity contribution in [2.75, 3.05) is 13.2 Å². The summed E-state index contributed by atoms with van der Waals surface area (Å²) >= 11 is 0. The van der Waals surface area contributed by atoms with Crippen LogP contribution in [0, 0.1) is 5.41 Å². The van der Waals surface area contributed by atoms with E-state index < -0.39 is 24.1 Å². The number of unbranched alkanes of at least 4 members (excludes halogenated alkanes) is 4. The fourth-order valence-electron chi connectivity index (χ4n) is 3.40. The lowest BCUT2D eigenvalue weighted by Crippen LogP contribution is -2.24. The average molecular weight is 418 g/mol. The van der Waals surface area contributed by atoms with Crippen molar-refractivity contribution in [1.29, 1.82) is 0 Å². The molecule has 0 aliphatic rings. The first-order valence-corrected chi connectivity index (χ1v) is 9.95. The van der Waals surface area contributed by atoms with Crippen molar-refractivity contribution in [2.45, 2.75) is 77.0 Å². The van der Waals surface area contributed by atoms with E-state index in [1.54, 1.807) is 0 Å². The molecule has 0 saturated carbocycles. The zero-order valence-corrected chi connectivity index (χ0v) is 16.9. The van der Waals surface area contributed by atoms with E-state index in [0.717, 1.165) is 25.7 Å². The highest BCUT2D eigenvalue weighted by atomic mass is 16.5. The third kappa shape index (κ3) is 16.2. The van der Waals surface area contributed by atoms with Crippen molar-refractivity contribution < 1.29 is 38.9 Å². The Hall–Kier alpha value is -2.52. The average Bonchev–Trinajstić information content (AvgIpc) is 2.63. The summed E-state index contributed by atoms with van der Waals surface area (Å²) in [6.07, 6.45) is 4.89. The van der Waals surface area contributed by atoms with Gasteiger partial charge in [-0.3, -0.25) is 9.59 Å². The van der Waals surface area contributed by atoms with Crippen LogP contribution in [0.4, 0.5) is 9.59 Å². The van der Waals surface area contributed by atoms with Crippen molar-refractivity contribution in [1.82, 2.24) is 0 Å². The van der Waals surface area contributed by atoms with Crippen LogP contribution in [0.5, 0.6) is 0 Å². The van der Waals surface area contributed by atoms with Gasteiger partial charge in [0, 0.05) is 12.8 Å². The maximum Gasteiger partial charge on any atom is 0.404 e. The normalized spacial score (nSPS) is 11.0. The molecule has 0 rings (SSSR count). The van der Waals surface area contributed by atoms with E-state index in [4.69, 9.17) is 21.7 Å². The van der Waals surface area contributed by atoms with Gasteiger partial charge in [0.05, 0.1) is 13.2 Å². The Morgan fingerprint density at radius 3 is 1.31 bits per heavy atom. The van der Waals surface area contributed by atoms with Crippen molar-refractivity contribution in [3.05, 3.63) is 0 Å². The summed E-state index contributed by atoms with van der Waals surface area (Å²) in [5.74, 6) is -1.82. The van der Waals surface area contributed by atoms with Crippen LogP contribution in [0.15, 0.2) is 0 Å². The molecular formula is C19H34N2O8. The van der Waals surface area contributed by atoms with Gasteiger partial charge >= 0.3 is 24.1 Å². The quantitative estimate of drug-likeness (QED) is 0.245. The minimum absolute atomic E-state index is 0.0187. The van der Waals surface area contributed by atoms with Crippen molar-refractivity contribution >= 4 is 24.1 Å². The molecule has 0 fully saturated rings. The number of hydrogen-bond donors (Lipinski definition) is 4. The maximum atomic E-state index is 11.1. The Balaban J connectivity index is 4.72. The van der Waals surface area contributed by atoms with Crippen LogP contribution in [0.2, 0.25) is 0 Å². The van der Waals surface area contributed by atoms with Gasteiger partial charge in [-0.05, 0) is 43.9 Å². The second-order valence-electron chi connectivity index (χ2n) is 7.24. The van der Waals surface area contributed by atoms with E-state index in [1.807, 2.05) is 0 Å². The number of aliphatic carboxylic acids is 2. The molecule has 0 atom stereocenters. The number of hydrogen-bond acceptors (Lipinski definition) is 6. The van der Waals surface area contributed by atoms with Crippen LogP contribution < -0.4 is 11.5 Å². The van der Waals surface area contributed by atoms with E-state index in [-0.39, 0.29) is 31.5 Å². The molecule has 29 heavy (non-hydrogen) atoms. The lowest BCUT2D eigenvalue weighted by atomic mass is 9.71.